The van der Waals surface area contributed by atoms with E-state index in [4.69, 9.17) is 4.74 Å². The van der Waals surface area contributed by atoms with Gasteiger partial charge in [-0.15, -0.1) is 0 Å². The molecular formula is C18H26O3. The van der Waals surface area contributed by atoms with Crippen molar-refractivity contribution >= 4 is 5.97 Å². The number of hydrogen-bond acceptors (Lipinski definition) is 3. The Morgan fingerprint density at radius 3 is 2.67 bits per heavy atom. The zero-order chi connectivity index (χ0) is 15.3. The van der Waals surface area contributed by atoms with E-state index in [-0.39, 0.29) is 12.1 Å². The predicted molar refractivity (Wildman–Crippen MR) is 84.9 cm³/mol. The summed E-state index contributed by atoms with van der Waals surface area (Å²) >= 11 is 0. The van der Waals surface area contributed by atoms with Crippen molar-refractivity contribution in [2.45, 2.75) is 51.7 Å². The summed E-state index contributed by atoms with van der Waals surface area (Å²) in [4.78, 5) is 11.1. The highest BCUT2D eigenvalue weighted by Gasteiger charge is 2.08. The SMILES string of the molecule is CCCCCC(C/C=C/C(=O)OC)OCc1ccccc1. The summed E-state index contributed by atoms with van der Waals surface area (Å²) in [5.74, 6) is -0.314. The summed E-state index contributed by atoms with van der Waals surface area (Å²) in [6, 6.07) is 10.2. The normalized spacial score (nSPS) is 12.5. The van der Waals surface area contributed by atoms with Crippen molar-refractivity contribution < 1.29 is 14.3 Å². The Kier molecular flexibility index (Phi) is 9.21. The van der Waals surface area contributed by atoms with Crippen molar-refractivity contribution in [3.05, 3.63) is 48.0 Å². The minimum Gasteiger partial charge on any atom is -0.466 e. The number of esters is 1. The standard InChI is InChI=1S/C18H26O3/c1-3-4-6-12-17(13-9-14-18(19)20-2)21-15-16-10-7-5-8-11-16/h5,7-11,14,17H,3-4,6,12-13,15H2,1-2H3/b14-9+. The van der Waals surface area contributed by atoms with Crippen molar-refractivity contribution in [1.29, 1.82) is 0 Å². The van der Waals surface area contributed by atoms with Gasteiger partial charge in [0.2, 0.25) is 0 Å². The van der Waals surface area contributed by atoms with E-state index in [0.717, 1.165) is 19.3 Å². The van der Waals surface area contributed by atoms with E-state index in [9.17, 15) is 4.79 Å². The Morgan fingerprint density at radius 2 is 2.00 bits per heavy atom. The van der Waals surface area contributed by atoms with E-state index in [0.29, 0.717) is 6.61 Å². The lowest BCUT2D eigenvalue weighted by atomic mass is 10.1. The minimum atomic E-state index is -0.314. The van der Waals surface area contributed by atoms with Crippen molar-refractivity contribution in [1.82, 2.24) is 0 Å². The molecule has 0 aliphatic heterocycles. The Bertz CT molecular complexity index is 412. The van der Waals surface area contributed by atoms with Crippen LogP contribution in [-0.2, 0) is 20.9 Å². The van der Waals surface area contributed by atoms with Gasteiger partial charge in [-0.3, -0.25) is 0 Å². The van der Waals surface area contributed by atoms with Gasteiger partial charge in [0.1, 0.15) is 0 Å². The topological polar surface area (TPSA) is 35.5 Å². The molecule has 0 bridgehead atoms. The Labute approximate surface area is 128 Å². The zero-order valence-electron chi connectivity index (χ0n) is 13.1. The van der Waals surface area contributed by atoms with E-state index < -0.39 is 0 Å². The van der Waals surface area contributed by atoms with Crippen LogP contribution in [0, 0.1) is 0 Å². The molecule has 1 unspecified atom stereocenters. The molecule has 0 amide bonds. The minimum absolute atomic E-state index is 0.151. The van der Waals surface area contributed by atoms with Gasteiger partial charge in [-0.25, -0.2) is 4.79 Å². The predicted octanol–water partition coefficient (Wildman–Crippen LogP) is 4.27. The molecule has 0 spiro atoms. The maximum absolute atomic E-state index is 11.1. The molecule has 0 aliphatic rings. The molecule has 0 heterocycles. The van der Waals surface area contributed by atoms with E-state index in [1.165, 1.54) is 31.6 Å². The number of rotatable bonds is 10. The second kappa shape index (κ2) is 11.1. The van der Waals surface area contributed by atoms with Gasteiger partial charge in [0.25, 0.3) is 0 Å². The van der Waals surface area contributed by atoms with Crippen LogP contribution in [0.3, 0.4) is 0 Å². The first-order chi connectivity index (χ1) is 10.3. The highest BCUT2D eigenvalue weighted by molar-refractivity contribution is 5.81. The molecule has 3 nitrogen and oxygen atoms in total. The Hall–Kier alpha value is -1.61. The maximum atomic E-state index is 11.1. The number of carbonyl (C=O) groups excluding carboxylic acids is 1. The van der Waals surface area contributed by atoms with Crippen LogP contribution in [0.4, 0.5) is 0 Å². The van der Waals surface area contributed by atoms with Gasteiger partial charge in [-0.2, -0.15) is 0 Å². The second-order valence-electron chi connectivity index (χ2n) is 5.08. The summed E-state index contributed by atoms with van der Waals surface area (Å²) in [6.45, 7) is 2.81. The molecular weight excluding hydrogens is 264 g/mol. The third-order valence-corrected chi connectivity index (χ3v) is 3.31. The monoisotopic (exact) mass is 290 g/mol. The van der Waals surface area contributed by atoms with Crippen LogP contribution in [0.25, 0.3) is 0 Å². The average Bonchev–Trinajstić information content (AvgIpc) is 2.53. The molecule has 1 atom stereocenters. The molecule has 21 heavy (non-hydrogen) atoms. The first-order valence-electron chi connectivity index (χ1n) is 7.66. The molecule has 0 radical (unpaired) electrons. The largest absolute Gasteiger partial charge is 0.466 e. The molecule has 1 aromatic rings. The van der Waals surface area contributed by atoms with Crippen molar-refractivity contribution in [3.8, 4) is 0 Å². The fraction of sp³-hybridized carbons (Fsp3) is 0.500. The number of carbonyl (C=O) groups is 1. The fourth-order valence-electron chi connectivity index (χ4n) is 2.06. The molecule has 0 fully saturated rings. The number of hydrogen-bond donors (Lipinski definition) is 0. The van der Waals surface area contributed by atoms with Gasteiger partial charge in [-0.05, 0) is 18.4 Å². The zero-order valence-corrected chi connectivity index (χ0v) is 13.1. The summed E-state index contributed by atoms with van der Waals surface area (Å²) in [7, 11) is 1.39. The van der Waals surface area contributed by atoms with Crippen LogP contribution in [0.15, 0.2) is 42.5 Å². The number of benzene rings is 1. The van der Waals surface area contributed by atoms with E-state index in [1.807, 2.05) is 24.3 Å². The molecule has 1 aromatic carbocycles. The molecule has 1 rings (SSSR count). The van der Waals surface area contributed by atoms with Crippen LogP contribution in [-0.4, -0.2) is 19.2 Å². The van der Waals surface area contributed by atoms with Crippen LogP contribution in [0.5, 0.6) is 0 Å². The van der Waals surface area contributed by atoms with Crippen molar-refractivity contribution in [2.75, 3.05) is 7.11 Å². The summed E-state index contributed by atoms with van der Waals surface area (Å²) in [6.07, 6.45) is 8.79. The molecule has 0 saturated carbocycles. The molecule has 3 heteroatoms. The lowest BCUT2D eigenvalue weighted by Crippen LogP contribution is -2.12. The Balaban J connectivity index is 2.43. The van der Waals surface area contributed by atoms with Gasteiger partial charge in [0, 0.05) is 6.08 Å². The third-order valence-electron chi connectivity index (χ3n) is 3.31. The van der Waals surface area contributed by atoms with Crippen LogP contribution in [0.1, 0.15) is 44.6 Å². The molecule has 116 valence electrons. The highest BCUT2D eigenvalue weighted by atomic mass is 16.5. The van der Waals surface area contributed by atoms with E-state index in [1.54, 1.807) is 0 Å². The fourth-order valence-corrected chi connectivity index (χ4v) is 2.06. The first kappa shape index (κ1) is 17.4. The van der Waals surface area contributed by atoms with Gasteiger partial charge in [0.15, 0.2) is 0 Å². The average molecular weight is 290 g/mol. The quantitative estimate of drug-likeness (QED) is 0.367. The summed E-state index contributed by atoms with van der Waals surface area (Å²) in [5.41, 5.74) is 1.18. The van der Waals surface area contributed by atoms with Crippen molar-refractivity contribution in [2.24, 2.45) is 0 Å². The van der Waals surface area contributed by atoms with Gasteiger partial charge < -0.3 is 9.47 Å². The lowest BCUT2D eigenvalue weighted by Gasteiger charge is -2.16. The highest BCUT2D eigenvalue weighted by Crippen LogP contribution is 2.13. The summed E-state index contributed by atoms with van der Waals surface area (Å²) in [5, 5.41) is 0. The maximum Gasteiger partial charge on any atom is 0.330 e. The molecule has 0 saturated heterocycles. The molecule has 0 aliphatic carbocycles. The third kappa shape index (κ3) is 8.30. The number of ether oxygens (including phenoxy) is 2. The van der Waals surface area contributed by atoms with Gasteiger partial charge in [0.05, 0.1) is 19.8 Å². The van der Waals surface area contributed by atoms with Crippen LogP contribution in [0.2, 0.25) is 0 Å². The number of unbranched alkanes of at least 4 members (excludes halogenated alkanes) is 2. The second-order valence-corrected chi connectivity index (χ2v) is 5.08. The van der Waals surface area contributed by atoms with Crippen LogP contribution >= 0.6 is 0 Å². The van der Waals surface area contributed by atoms with Gasteiger partial charge in [-0.1, -0.05) is 62.6 Å². The van der Waals surface area contributed by atoms with E-state index in [2.05, 4.69) is 23.8 Å². The molecule has 0 aromatic heterocycles. The van der Waals surface area contributed by atoms with Crippen LogP contribution < -0.4 is 0 Å². The lowest BCUT2D eigenvalue weighted by molar-refractivity contribution is -0.134. The Morgan fingerprint density at radius 1 is 1.24 bits per heavy atom. The molecule has 0 N–H and O–H groups in total. The van der Waals surface area contributed by atoms with Gasteiger partial charge >= 0.3 is 5.97 Å². The number of methoxy groups -OCH3 is 1. The first-order valence-corrected chi connectivity index (χ1v) is 7.66. The summed E-state index contributed by atoms with van der Waals surface area (Å²) < 4.78 is 10.6. The van der Waals surface area contributed by atoms with Crippen molar-refractivity contribution in [3.63, 3.8) is 0 Å². The smallest absolute Gasteiger partial charge is 0.330 e. The van der Waals surface area contributed by atoms with E-state index >= 15 is 0 Å².